The second-order valence-electron chi connectivity index (χ2n) is 3.04. The minimum Gasteiger partial charge on any atom is -0.340 e. The Kier molecular flexibility index (Phi) is 2.83. The number of imidazole rings is 1. The molecule has 2 rings (SSSR count). The molecule has 1 heterocycles. The molecule has 3 nitrogen and oxygen atoms in total. The fourth-order valence-corrected chi connectivity index (χ4v) is 1.74. The lowest BCUT2D eigenvalue weighted by molar-refractivity contribution is 0.630. The van der Waals surface area contributed by atoms with Crippen LogP contribution < -0.4 is 5.73 Å². The van der Waals surface area contributed by atoms with Gasteiger partial charge in [0.15, 0.2) is 0 Å². The number of nitrogens with zero attached hydrogens (tertiary/aromatic N) is 1. The van der Waals surface area contributed by atoms with Crippen LogP contribution in [0.15, 0.2) is 28.9 Å². The number of H-pyrrole nitrogens is 1. The Morgan fingerprint density at radius 3 is 2.73 bits per heavy atom. The molecule has 5 heteroatoms. The van der Waals surface area contributed by atoms with Crippen molar-refractivity contribution in [3.05, 3.63) is 40.4 Å². The highest BCUT2D eigenvalue weighted by molar-refractivity contribution is 9.10. The van der Waals surface area contributed by atoms with Crippen LogP contribution in [0.5, 0.6) is 0 Å². The second-order valence-corrected chi connectivity index (χ2v) is 3.79. The molecule has 2 aromatic rings. The minimum atomic E-state index is -0.303. The first-order valence-electron chi connectivity index (χ1n) is 4.41. The van der Waals surface area contributed by atoms with E-state index in [4.69, 9.17) is 5.73 Å². The zero-order valence-electron chi connectivity index (χ0n) is 7.80. The third kappa shape index (κ3) is 1.93. The molecule has 0 aliphatic rings. The Morgan fingerprint density at radius 2 is 2.13 bits per heavy atom. The minimum absolute atomic E-state index is 0.303. The highest BCUT2D eigenvalue weighted by Crippen LogP contribution is 2.23. The molecule has 1 aromatic carbocycles. The standard InChI is InChI=1S/C10H9BrFN3/c11-9-8(5-13)14-10(15-9)6-3-1-2-4-7(6)12/h1-4H,5,13H2,(H,14,15). The number of aromatic amines is 1. The fraction of sp³-hybridized carbons (Fsp3) is 0.100. The van der Waals surface area contributed by atoms with Crippen molar-refractivity contribution in [2.45, 2.75) is 6.54 Å². The van der Waals surface area contributed by atoms with Gasteiger partial charge in [0.25, 0.3) is 0 Å². The molecule has 0 fully saturated rings. The molecule has 3 N–H and O–H groups in total. The Bertz CT molecular complexity index is 481. The number of hydrogen-bond donors (Lipinski definition) is 2. The largest absolute Gasteiger partial charge is 0.340 e. The molecule has 0 atom stereocenters. The van der Waals surface area contributed by atoms with E-state index in [0.717, 1.165) is 5.69 Å². The average molecular weight is 270 g/mol. The van der Waals surface area contributed by atoms with Crippen molar-refractivity contribution < 1.29 is 4.39 Å². The van der Waals surface area contributed by atoms with E-state index in [2.05, 4.69) is 25.9 Å². The van der Waals surface area contributed by atoms with E-state index in [1.165, 1.54) is 6.07 Å². The van der Waals surface area contributed by atoms with Crippen LogP contribution in [0.3, 0.4) is 0 Å². The third-order valence-corrected chi connectivity index (χ3v) is 2.72. The molecular weight excluding hydrogens is 261 g/mol. The number of rotatable bonds is 2. The molecule has 0 aliphatic carbocycles. The molecule has 1 aromatic heterocycles. The first-order valence-corrected chi connectivity index (χ1v) is 5.21. The average Bonchev–Trinajstić information content (AvgIpc) is 2.60. The Balaban J connectivity index is 2.50. The van der Waals surface area contributed by atoms with Gasteiger partial charge in [0.2, 0.25) is 0 Å². The van der Waals surface area contributed by atoms with Crippen molar-refractivity contribution in [3.63, 3.8) is 0 Å². The summed E-state index contributed by atoms with van der Waals surface area (Å²) in [6.45, 7) is 0.335. The summed E-state index contributed by atoms with van der Waals surface area (Å²) in [5.41, 5.74) is 6.69. The number of nitrogens with one attached hydrogen (secondary N) is 1. The van der Waals surface area contributed by atoms with Gasteiger partial charge in [-0.3, -0.25) is 0 Å². The number of benzene rings is 1. The molecule has 0 spiro atoms. The van der Waals surface area contributed by atoms with Crippen LogP contribution in [0.4, 0.5) is 4.39 Å². The SMILES string of the molecule is NCc1[nH]c(-c2ccccc2F)nc1Br. The maximum Gasteiger partial charge on any atom is 0.141 e. The molecule has 0 saturated carbocycles. The molecule has 0 bridgehead atoms. The van der Waals surface area contributed by atoms with Gasteiger partial charge in [-0.15, -0.1) is 0 Å². The number of hydrogen-bond acceptors (Lipinski definition) is 2. The second kappa shape index (κ2) is 4.12. The molecular formula is C10H9BrFN3. The number of aromatic nitrogens is 2. The first kappa shape index (κ1) is 10.3. The quantitative estimate of drug-likeness (QED) is 0.880. The van der Waals surface area contributed by atoms with Crippen LogP contribution in [-0.4, -0.2) is 9.97 Å². The maximum atomic E-state index is 13.4. The normalized spacial score (nSPS) is 10.6. The van der Waals surface area contributed by atoms with Crippen LogP contribution in [0, 0.1) is 5.82 Å². The lowest BCUT2D eigenvalue weighted by Crippen LogP contribution is -1.97. The zero-order valence-corrected chi connectivity index (χ0v) is 9.38. The first-order chi connectivity index (χ1) is 7.22. The Morgan fingerprint density at radius 1 is 1.40 bits per heavy atom. The number of nitrogens with two attached hydrogens (primary N) is 1. The Labute approximate surface area is 94.7 Å². The van der Waals surface area contributed by atoms with Crippen molar-refractivity contribution in [1.29, 1.82) is 0 Å². The lowest BCUT2D eigenvalue weighted by Gasteiger charge is -1.97. The fourth-order valence-electron chi connectivity index (χ4n) is 1.30. The smallest absolute Gasteiger partial charge is 0.141 e. The van der Waals surface area contributed by atoms with Gasteiger partial charge in [-0.2, -0.15) is 0 Å². The van der Waals surface area contributed by atoms with E-state index in [9.17, 15) is 4.39 Å². The molecule has 0 unspecified atom stereocenters. The summed E-state index contributed by atoms with van der Waals surface area (Å²) < 4.78 is 14.0. The van der Waals surface area contributed by atoms with Gasteiger partial charge in [-0.05, 0) is 28.1 Å². The van der Waals surface area contributed by atoms with Gasteiger partial charge >= 0.3 is 0 Å². The van der Waals surface area contributed by atoms with E-state index < -0.39 is 0 Å². The van der Waals surface area contributed by atoms with Crippen molar-refractivity contribution in [2.24, 2.45) is 5.73 Å². The van der Waals surface area contributed by atoms with Gasteiger partial charge in [-0.25, -0.2) is 9.37 Å². The lowest BCUT2D eigenvalue weighted by atomic mass is 10.2. The predicted molar refractivity (Wildman–Crippen MR) is 59.6 cm³/mol. The van der Waals surface area contributed by atoms with Gasteiger partial charge < -0.3 is 10.7 Å². The summed E-state index contributed by atoms with van der Waals surface area (Å²) in [6, 6.07) is 6.46. The highest BCUT2D eigenvalue weighted by atomic mass is 79.9. The van der Waals surface area contributed by atoms with Crippen LogP contribution in [0.2, 0.25) is 0 Å². The molecule has 0 saturated heterocycles. The van der Waals surface area contributed by atoms with Crippen molar-refractivity contribution >= 4 is 15.9 Å². The topological polar surface area (TPSA) is 54.7 Å². The summed E-state index contributed by atoms with van der Waals surface area (Å²) in [5.74, 6) is 0.183. The molecule has 15 heavy (non-hydrogen) atoms. The summed E-state index contributed by atoms with van der Waals surface area (Å²) in [4.78, 5) is 7.12. The van der Waals surface area contributed by atoms with E-state index in [1.807, 2.05) is 0 Å². The molecule has 78 valence electrons. The zero-order chi connectivity index (χ0) is 10.8. The van der Waals surface area contributed by atoms with E-state index in [0.29, 0.717) is 22.5 Å². The highest BCUT2D eigenvalue weighted by Gasteiger charge is 2.10. The van der Waals surface area contributed by atoms with Crippen molar-refractivity contribution in [1.82, 2.24) is 9.97 Å². The van der Waals surface area contributed by atoms with Crippen molar-refractivity contribution in [2.75, 3.05) is 0 Å². The van der Waals surface area contributed by atoms with Crippen LogP contribution in [-0.2, 0) is 6.54 Å². The molecule has 0 radical (unpaired) electrons. The predicted octanol–water partition coefficient (Wildman–Crippen LogP) is 2.44. The molecule has 0 aliphatic heterocycles. The van der Waals surface area contributed by atoms with E-state index in [-0.39, 0.29) is 5.82 Å². The van der Waals surface area contributed by atoms with E-state index in [1.54, 1.807) is 18.2 Å². The van der Waals surface area contributed by atoms with E-state index >= 15 is 0 Å². The maximum absolute atomic E-state index is 13.4. The van der Waals surface area contributed by atoms with Crippen molar-refractivity contribution in [3.8, 4) is 11.4 Å². The third-order valence-electron chi connectivity index (χ3n) is 2.06. The molecule has 0 amide bonds. The van der Waals surface area contributed by atoms with Gasteiger partial charge in [-0.1, -0.05) is 12.1 Å². The van der Waals surface area contributed by atoms with Gasteiger partial charge in [0.05, 0.1) is 11.3 Å². The summed E-state index contributed by atoms with van der Waals surface area (Å²) in [5, 5.41) is 0. The van der Waals surface area contributed by atoms with Gasteiger partial charge in [0, 0.05) is 6.54 Å². The number of halogens is 2. The summed E-state index contributed by atoms with van der Waals surface area (Å²) >= 11 is 3.25. The van der Waals surface area contributed by atoms with Crippen LogP contribution in [0.25, 0.3) is 11.4 Å². The van der Waals surface area contributed by atoms with Gasteiger partial charge in [0.1, 0.15) is 16.2 Å². The summed E-state index contributed by atoms with van der Waals surface area (Å²) in [7, 11) is 0. The van der Waals surface area contributed by atoms with Crippen LogP contribution >= 0.6 is 15.9 Å². The Hall–Kier alpha value is -1.20. The monoisotopic (exact) mass is 269 g/mol. The summed E-state index contributed by atoms with van der Waals surface area (Å²) in [6.07, 6.45) is 0. The van der Waals surface area contributed by atoms with Crippen LogP contribution in [0.1, 0.15) is 5.69 Å².